The van der Waals surface area contributed by atoms with Gasteiger partial charge in [-0.1, -0.05) is 34.1 Å². The Labute approximate surface area is 109 Å². The second-order valence-electron chi connectivity index (χ2n) is 4.75. The van der Waals surface area contributed by atoms with Gasteiger partial charge in [-0.3, -0.25) is 0 Å². The summed E-state index contributed by atoms with van der Waals surface area (Å²) in [6.07, 6.45) is 0.192. The molecule has 0 aromatic carbocycles. The van der Waals surface area contributed by atoms with Crippen LogP contribution in [0, 0.1) is 11.8 Å². The van der Waals surface area contributed by atoms with Gasteiger partial charge in [0.1, 0.15) is 6.04 Å². The smallest absolute Gasteiger partial charge is 0.407 e. The fourth-order valence-electron chi connectivity index (χ4n) is 1.31. The van der Waals surface area contributed by atoms with Crippen LogP contribution in [0.15, 0.2) is 0 Å². The maximum absolute atomic E-state index is 11.9. The van der Waals surface area contributed by atoms with Gasteiger partial charge < -0.3 is 14.8 Å². The molecule has 0 aliphatic heterocycles. The molecule has 0 saturated carbocycles. The first-order valence-corrected chi connectivity index (χ1v) is 6.52. The second kappa shape index (κ2) is 8.78. The number of carbonyl (C=O) groups is 2. The highest BCUT2D eigenvalue weighted by Gasteiger charge is 2.27. The molecule has 5 nitrogen and oxygen atoms in total. The highest BCUT2D eigenvalue weighted by atomic mass is 16.6. The number of hydrogen-bond donors (Lipinski definition) is 1. The minimum absolute atomic E-state index is 0.00840. The van der Waals surface area contributed by atoms with Crippen LogP contribution in [0.2, 0.25) is 0 Å². The third-order valence-corrected chi connectivity index (χ3v) is 2.57. The molecule has 2 atom stereocenters. The first-order chi connectivity index (χ1) is 8.42. The molecule has 18 heavy (non-hydrogen) atoms. The van der Waals surface area contributed by atoms with Crippen LogP contribution in [0.4, 0.5) is 4.79 Å². The number of esters is 1. The summed E-state index contributed by atoms with van der Waals surface area (Å²) in [6.45, 7) is 10.1. The number of hydrogen-bond acceptors (Lipinski definition) is 4. The highest BCUT2D eigenvalue weighted by molar-refractivity contribution is 5.81. The number of nitrogens with one attached hydrogen (secondary N) is 1. The van der Waals surface area contributed by atoms with Gasteiger partial charge in [-0.25, -0.2) is 9.59 Å². The molecule has 1 unspecified atom stereocenters. The predicted molar refractivity (Wildman–Crippen MR) is 69.2 cm³/mol. The maximum atomic E-state index is 11.9. The first kappa shape index (κ1) is 16.7. The average Bonchev–Trinajstić information content (AvgIpc) is 2.32. The second-order valence-corrected chi connectivity index (χ2v) is 4.75. The lowest BCUT2D eigenvalue weighted by atomic mass is 9.99. The Morgan fingerprint density at radius 3 is 2.17 bits per heavy atom. The van der Waals surface area contributed by atoms with Crippen molar-refractivity contribution < 1.29 is 19.1 Å². The number of ether oxygens (including phenoxy) is 2. The van der Waals surface area contributed by atoms with E-state index in [0.717, 1.165) is 6.42 Å². The molecule has 5 heteroatoms. The zero-order chi connectivity index (χ0) is 14.1. The summed E-state index contributed by atoms with van der Waals surface area (Å²) in [5.41, 5.74) is 0. The third-order valence-electron chi connectivity index (χ3n) is 2.57. The Kier molecular flexibility index (Phi) is 8.16. The molecule has 106 valence electrons. The van der Waals surface area contributed by atoms with Crippen molar-refractivity contribution in [3.63, 3.8) is 0 Å². The number of alkyl carbamates (subject to hydrolysis) is 1. The number of amides is 1. The van der Waals surface area contributed by atoms with Gasteiger partial charge in [-0.05, 0) is 18.8 Å². The Balaban J connectivity index is 4.47. The molecule has 0 aromatic rings. The van der Waals surface area contributed by atoms with Crippen molar-refractivity contribution >= 4 is 12.1 Å². The Hall–Kier alpha value is -1.26. The minimum atomic E-state index is -0.646. The standard InChI is InChI=1S/C13H25NO4/c1-6-10(5)11(14-13(16)17-7-2)12(15)18-8-9(3)4/h9-11H,6-8H2,1-5H3,(H,14,16)/t10?,11-/m0/s1. The van der Waals surface area contributed by atoms with E-state index in [1.54, 1.807) is 6.92 Å². The number of carbonyl (C=O) groups excluding carboxylic acids is 2. The van der Waals surface area contributed by atoms with Gasteiger partial charge >= 0.3 is 12.1 Å². The summed E-state index contributed by atoms with van der Waals surface area (Å²) in [4.78, 5) is 23.3. The molecule has 0 saturated heterocycles. The summed E-state index contributed by atoms with van der Waals surface area (Å²) in [6, 6.07) is -0.646. The van der Waals surface area contributed by atoms with Gasteiger partial charge in [0.2, 0.25) is 0 Å². The van der Waals surface area contributed by atoms with Gasteiger partial charge in [-0.2, -0.15) is 0 Å². The van der Waals surface area contributed by atoms with Crippen LogP contribution in [0.1, 0.15) is 41.0 Å². The largest absolute Gasteiger partial charge is 0.464 e. The zero-order valence-electron chi connectivity index (χ0n) is 12.0. The molecular formula is C13H25NO4. The van der Waals surface area contributed by atoms with E-state index in [-0.39, 0.29) is 18.4 Å². The van der Waals surface area contributed by atoms with Crippen molar-refractivity contribution in [2.45, 2.75) is 47.1 Å². The van der Waals surface area contributed by atoms with E-state index >= 15 is 0 Å². The van der Waals surface area contributed by atoms with Crippen LogP contribution in [-0.2, 0) is 14.3 Å². The quantitative estimate of drug-likeness (QED) is 0.713. The van der Waals surface area contributed by atoms with Crippen molar-refractivity contribution in [2.75, 3.05) is 13.2 Å². The lowest BCUT2D eigenvalue weighted by Gasteiger charge is -2.22. The van der Waals surface area contributed by atoms with E-state index in [4.69, 9.17) is 9.47 Å². The van der Waals surface area contributed by atoms with Gasteiger partial charge in [-0.15, -0.1) is 0 Å². The summed E-state index contributed by atoms with van der Waals surface area (Å²) in [5.74, 6) is -0.116. The van der Waals surface area contributed by atoms with E-state index in [9.17, 15) is 9.59 Å². The lowest BCUT2D eigenvalue weighted by molar-refractivity contribution is -0.148. The van der Waals surface area contributed by atoms with Gasteiger partial charge in [0.25, 0.3) is 0 Å². The van der Waals surface area contributed by atoms with Crippen molar-refractivity contribution in [3.8, 4) is 0 Å². The van der Waals surface area contributed by atoms with E-state index in [0.29, 0.717) is 6.61 Å². The average molecular weight is 259 g/mol. The molecule has 0 radical (unpaired) electrons. The highest BCUT2D eigenvalue weighted by Crippen LogP contribution is 2.10. The van der Waals surface area contributed by atoms with E-state index in [2.05, 4.69) is 5.32 Å². The van der Waals surface area contributed by atoms with Crippen LogP contribution in [-0.4, -0.2) is 31.3 Å². The summed E-state index contributed by atoms with van der Waals surface area (Å²) in [7, 11) is 0. The molecular weight excluding hydrogens is 234 g/mol. The van der Waals surface area contributed by atoms with Gasteiger partial charge in [0.05, 0.1) is 13.2 Å². The summed E-state index contributed by atoms with van der Waals surface area (Å²) < 4.78 is 9.94. The van der Waals surface area contributed by atoms with E-state index in [1.165, 1.54) is 0 Å². The van der Waals surface area contributed by atoms with Crippen molar-refractivity contribution in [1.29, 1.82) is 0 Å². The molecule has 0 aliphatic rings. The van der Waals surface area contributed by atoms with Crippen LogP contribution >= 0.6 is 0 Å². The Morgan fingerprint density at radius 2 is 1.72 bits per heavy atom. The predicted octanol–water partition coefficient (Wildman–Crippen LogP) is 2.35. The van der Waals surface area contributed by atoms with Crippen LogP contribution in [0.3, 0.4) is 0 Å². The van der Waals surface area contributed by atoms with Crippen molar-refractivity contribution in [1.82, 2.24) is 5.32 Å². The molecule has 0 fully saturated rings. The fraction of sp³-hybridized carbons (Fsp3) is 0.846. The van der Waals surface area contributed by atoms with E-state index in [1.807, 2.05) is 27.7 Å². The van der Waals surface area contributed by atoms with Crippen LogP contribution < -0.4 is 5.32 Å². The topological polar surface area (TPSA) is 64.6 Å². The normalized spacial score (nSPS) is 13.9. The monoisotopic (exact) mass is 259 g/mol. The fourth-order valence-corrected chi connectivity index (χ4v) is 1.31. The first-order valence-electron chi connectivity index (χ1n) is 6.52. The van der Waals surface area contributed by atoms with Gasteiger partial charge in [0.15, 0.2) is 0 Å². The molecule has 0 spiro atoms. The molecule has 1 N–H and O–H groups in total. The molecule has 0 aromatic heterocycles. The maximum Gasteiger partial charge on any atom is 0.407 e. The summed E-state index contributed by atoms with van der Waals surface area (Å²) in [5, 5.41) is 2.56. The molecule has 1 amide bonds. The van der Waals surface area contributed by atoms with Crippen molar-refractivity contribution in [2.24, 2.45) is 11.8 Å². The third kappa shape index (κ3) is 6.47. The summed E-state index contributed by atoms with van der Waals surface area (Å²) >= 11 is 0. The molecule has 0 heterocycles. The zero-order valence-corrected chi connectivity index (χ0v) is 12.0. The molecule has 0 bridgehead atoms. The number of rotatable bonds is 7. The Bertz CT molecular complexity index is 266. The van der Waals surface area contributed by atoms with Crippen LogP contribution in [0.5, 0.6) is 0 Å². The minimum Gasteiger partial charge on any atom is -0.464 e. The van der Waals surface area contributed by atoms with Crippen molar-refractivity contribution in [3.05, 3.63) is 0 Å². The van der Waals surface area contributed by atoms with Crippen LogP contribution in [0.25, 0.3) is 0 Å². The lowest BCUT2D eigenvalue weighted by Crippen LogP contribution is -2.46. The molecule has 0 aliphatic carbocycles. The Morgan fingerprint density at radius 1 is 1.11 bits per heavy atom. The SMILES string of the molecule is CCOC(=O)N[C@H](C(=O)OCC(C)C)C(C)CC. The van der Waals surface area contributed by atoms with Gasteiger partial charge in [0, 0.05) is 0 Å². The molecule has 0 rings (SSSR count). The van der Waals surface area contributed by atoms with E-state index < -0.39 is 18.1 Å².